The molecule has 0 spiro atoms. The highest BCUT2D eigenvalue weighted by molar-refractivity contribution is 7.04. The van der Waals surface area contributed by atoms with Crippen molar-refractivity contribution in [2.24, 2.45) is 0 Å². The number of methoxy groups -OCH3 is 1. The third kappa shape index (κ3) is 6.85. The average Bonchev–Trinajstić information content (AvgIpc) is 3.03. The highest BCUT2D eigenvalue weighted by atomic mass is 28.5. The summed E-state index contributed by atoms with van der Waals surface area (Å²) < 4.78 is 23.1. The molecule has 1 saturated heterocycles. The van der Waals surface area contributed by atoms with E-state index in [1.807, 2.05) is 6.55 Å². The summed E-state index contributed by atoms with van der Waals surface area (Å²) in [6.45, 7) is 15.1. The summed E-state index contributed by atoms with van der Waals surface area (Å²) in [6, 6.07) is 0. The topological polar surface area (TPSA) is 57.3 Å². The Balaban J connectivity index is 2.85. The quantitative estimate of drug-likeness (QED) is 0.473. The zero-order valence-corrected chi connectivity index (χ0v) is 17.6. The van der Waals surface area contributed by atoms with Crippen molar-refractivity contribution in [2.45, 2.75) is 64.5 Å². The smallest absolute Gasteiger partial charge is 0.386 e. The number of epoxide rings is 1. The molecule has 1 fully saturated rings. The van der Waals surface area contributed by atoms with E-state index in [0.29, 0.717) is 13.0 Å². The van der Waals surface area contributed by atoms with Crippen LogP contribution in [0.25, 0.3) is 0 Å². The summed E-state index contributed by atoms with van der Waals surface area (Å²) in [4.78, 5) is 12.8. The molecule has 1 aliphatic rings. The van der Waals surface area contributed by atoms with Gasteiger partial charge in [-0.2, -0.15) is 0 Å². The number of hydrogen-bond acceptors (Lipinski definition) is 5. The lowest BCUT2D eigenvalue weighted by molar-refractivity contribution is -0.117. The highest BCUT2D eigenvalue weighted by Crippen LogP contribution is 2.26. The Hall–Kier alpha value is 0.161. The van der Waals surface area contributed by atoms with Crippen LogP contribution in [0.5, 0.6) is 0 Å². The van der Waals surface area contributed by atoms with Gasteiger partial charge in [0.15, 0.2) is 22.0 Å². The van der Waals surface area contributed by atoms with Gasteiger partial charge in [-0.05, 0) is 45.8 Å². The van der Waals surface area contributed by atoms with E-state index in [4.69, 9.17) is 17.7 Å². The van der Waals surface area contributed by atoms with Crippen molar-refractivity contribution in [3.05, 3.63) is 0 Å². The Bertz CT molecular complexity index is 355. The van der Waals surface area contributed by atoms with Crippen LogP contribution in [-0.2, 0) is 22.5 Å². The Morgan fingerprint density at radius 3 is 1.81 bits per heavy atom. The molecule has 1 heterocycles. The molecule has 0 saturated carbocycles. The first-order valence-corrected chi connectivity index (χ1v) is 16.6. The molecule has 0 aromatic heterocycles. The second kappa shape index (κ2) is 6.73. The fourth-order valence-corrected chi connectivity index (χ4v) is 13.7. The Morgan fingerprint density at radius 2 is 1.52 bits per heavy atom. The van der Waals surface area contributed by atoms with Gasteiger partial charge in [0.05, 0.1) is 12.7 Å². The molecule has 2 atom stereocenters. The predicted molar refractivity (Wildman–Crippen MR) is 90.6 cm³/mol. The van der Waals surface area contributed by atoms with E-state index in [1.165, 1.54) is 0 Å². The zero-order chi connectivity index (χ0) is 16.5. The van der Waals surface area contributed by atoms with Crippen molar-refractivity contribution in [3.63, 3.8) is 0 Å². The minimum absolute atomic E-state index is 0.0518. The second-order valence-electron chi connectivity index (χ2n) is 7.65. The van der Waals surface area contributed by atoms with Crippen LogP contribution in [0.4, 0.5) is 0 Å². The van der Waals surface area contributed by atoms with Gasteiger partial charge in [0.1, 0.15) is 6.10 Å². The zero-order valence-electron chi connectivity index (χ0n) is 14.6. The molecule has 124 valence electrons. The first-order valence-electron chi connectivity index (χ1n) is 7.44. The molecule has 2 unspecified atom stereocenters. The van der Waals surface area contributed by atoms with Crippen LogP contribution >= 0.6 is 0 Å². The van der Waals surface area contributed by atoms with E-state index < -0.39 is 25.2 Å². The van der Waals surface area contributed by atoms with Crippen molar-refractivity contribution in [2.75, 3.05) is 13.7 Å². The van der Waals surface area contributed by atoms with Crippen molar-refractivity contribution in [1.29, 1.82) is 0 Å². The Labute approximate surface area is 131 Å². The van der Waals surface area contributed by atoms with E-state index in [-0.39, 0.29) is 17.6 Å². The Kier molecular flexibility index (Phi) is 6.16. The third-order valence-corrected chi connectivity index (χ3v) is 12.2. The molecule has 0 bridgehead atoms. The average molecular weight is 351 g/mol. The van der Waals surface area contributed by atoms with Gasteiger partial charge < -0.3 is 17.7 Å². The van der Waals surface area contributed by atoms with Gasteiger partial charge in [0, 0.05) is 13.5 Å². The van der Waals surface area contributed by atoms with Crippen LogP contribution in [0.1, 0.15) is 6.42 Å². The summed E-state index contributed by atoms with van der Waals surface area (Å²) in [6.07, 6.45) is 0.189. The molecule has 0 aromatic rings. The molecule has 1 aliphatic heterocycles. The molecule has 0 N–H and O–H groups in total. The predicted octanol–water partition coefficient (Wildman–Crippen LogP) is 2.67. The normalized spacial score (nSPS) is 21.2. The van der Waals surface area contributed by atoms with Gasteiger partial charge in [-0.1, -0.05) is 0 Å². The molecule has 0 aromatic carbocycles. The Morgan fingerprint density at radius 1 is 1.10 bits per heavy atom. The molecular weight excluding hydrogens is 320 g/mol. The number of carbonyl (C=O) groups excluding carboxylic acids is 1. The number of rotatable bonds is 9. The minimum Gasteiger partial charge on any atom is -0.432 e. The van der Waals surface area contributed by atoms with Crippen molar-refractivity contribution < 1.29 is 22.5 Å². The summed E-state index contributed by atoms with van der Waals surface area (Å²) in [7, 11) is -4.97. The summed E-state index contributed by atoms with van der Waals surface area (Å²) in [5, 5.41) is 0.0784. The standard InChI is InChI=1S/C13H30O5Si3/c1-15-11(12-10-16-12)9-13(14)21(8,17-19(2,3)4)18-20(5,6)7/h11-12H,9-10H2,1-8H3. The van der Waals surface area contributed by atoms with Gasteiger partial charge in [-0.3, -0.25) is 4.79 Å². The van der Waals surface area contributed by atoms with E-state index in [2.05, 4.69) is 39.3 Å². The van der Waals surface area contributed by atoms with E-state index >= 15 is 0 Å². The molecular formula is C13H30O5Si3. The van der Waals surface area contributed by atoms with Gasteiger partial charge >= 0.3 is 8.56 Å². The van der Waals surface area contributed by atoms with Crippen LogP contribution in [-0.4, -0.2) is 56.5 Å². The van der Waals surface area contributed by atoms with Crippen molar-refractivity contribution in [3.8, 4) is 0 Å². The maximum atomic E-state index is 12.8. The summed E-state index contributed by atoms with van der Waals surface area (Å²) >= 11 is 0. The molecule has 1 rings (SSSR count). The van der Waals surface area contributed by atoms with E-state index in [0.717, 1.165) is 0 Å². The van der Waals surface area contributed by atoms with Crippen molar-refractivity contribution >= 4 is 30.6 Å². The largest absolute Gasteiger partial charge is 0.432 e. The molecule has 0 amide bonds. The fraction of sp³-hybridized carbons (Fsp3) is 0.923. The first kappa shape index (κ1) is 19.2. The fourth-order valence-electron chi connectivity index (χ4n) is 2.31. The summed E-state index contributed by atoms with van der Waals surface area (Å²) in [5.74, 6) is 0. The van der Waals surface area contributed by atoms with Gasteiger partial charge in [-0.25, -0.2) is 0 Å². The molecule has 21 heavy (non-hydrogen) atoms. The summed E-state index contributed by atoms with van der Waals surface area (Å²) in [5.41, 5.74) is 0. The maximum Gasteiger partial charge on any atom is 0.386 e. The molecule has 5 nitrogen and oxygen atoms in total. The molecule has 8 heteroatoms. The first-order chi connectivity index (χ1) is 9.36. The number of carbonyl (C=O) groups is 1. The van der Waals surface area contributed by atoms with E-state index in [9.17, 15) is 4.79 Å². The van der Waals surface area contributed by atoms with Gasteiger partial charge in [-0.15, -0.1) is 0 Å². The third-order valence-electron chi connectivity index (χ3n) is 2.97. The van der Waals surface area contributed by atoms with Gasteiger partial charge in [0.2, 0.25) is 0 Å². The lowest BCUT2D eigenvalue weighted by Gasteiger charge is -2.37. The SMILES string of the molecule is COC(CC(=O)[Si](C)(O[Si](C)(C)C)O[Si](C)(C)C)C1CO1. The monoisotopic (exact) mass is 350 g/mol. The van der Waals surface area contributed by atoms with Crippen molar-refractivity contribution in [1.82, 2.24) is 0 Å². The molecule has 0 aliphatic carbocycles. The van der Waals surface area contributed by atoms with Crippen LogP contribution in [0.15, 0.2) is 0 Å². The maximum absolute atomic E-state index is 12.8. The van der Waals surface area contributed by atoms with Crippen LogP contribution in [0.2, 0.25) is 45.8 Å². The number of ether oxygens (including phenoxy) is 2. The lowest BCUT2D eigenvalue weighted by atomic mass is 10.2. The minimum atomic E-state index is -2.87. The van der Waals surface area contributed by atoms with Crippen LogP contribution in [0, 0.1) is 0 Å². The lowest BCUT2D eigenvalue weighted by Crippen LogP contribution is -2.58. The van der Waals surface area contributed by atoms with Gasteiger partial charge in [0.25, 0.3) is 0 Å². The van der Waals surface area contributed by atoms with Crippen LogP contribution < -0.4 is 0 Å². The second-order valence-corrected chi connectivity index (χ2v) is 20.2. The van der Waals surface area contributed by atoms with Crippen LogP contribution in [0.3, 0.4) is 0 Å². The highest BCUT2D eigenvalue weighted by Gasteiger charge is 2.48. The van der Waals surface area contributed by atoms with E-state index in [1.54, 1.807) is 7.11 Å². The number of hydrogen-bond donors (Lipinski definition) is 0. The molecule has 0 radical (unpaired) electrons.